The Kier molecular flexibility index (Phi) is 57.4. The largest absolute Gasteiger partial charge is 0.462 e. The van der Waals surface area contributed by atoms with Crippen molar-refractivity contribution in [3.05, 3.63) is 109 Å². The van der Waals surface area contributed by atoms with E-state index >= 15 is 0 Å². The van der Waals surface area contributed by atoms with Crippen molar-refractivity contribution in [3.8, 4) is 0 Å². The quantitative estimate of drug-likeness (QED) is 0.0261. The van der Waals surface area contributed by atoms with Crippen LogP contribution in [-0.2, 0) is 28.6 Å². The summed E-state index contributed by atoms with van der Waals surface area (Å²) in [5.74, 6) is -1.03. The molecule has 73 heavy (non-hydrogen) atoms. The van der Waals surface area contributed by atoms with Crippen LogP contribution in [-0.4, -0.2) is 37.2 Å². The highest BCUT2D eigenvalue weighted by molar-refractivity contribution is 5.71. The fourth-order valence-corrected chi connectivity index (χ4v) is 8.24. The topological polar surface area (TPSA) is 78.9 Å². The van der Waals surface area contributed by atoms with Gasteiger partial charge in [-0.25, -0.2) is 0 Å². The molecule has 416 valence electrons. The molecule has 0 fully saturated rings. The van der Waals surface area contributed by atoms with Gasteiger partial charge in [0.2, 0.25) is 0 Å². The first-order chi connectivity index (χ1) is 36.0. The van der Waals surface area contributed by atoms with E-state index in [9.17, 15) is 14.4 Å². The van der Waals surface area contributed by atoms with Gasteiger partial charge in [-0.3, -0.25) is 14.4 Å². The highest BCUT2D eigenvalue weighted by Crippen LogP contribution is 2.16. The smallest absolute Gasteiger partial charge is 0.306 e. The lowest BCUT2D eigenvalue weighted by Gasteiger charge is -2.18. The summed E-state index contributed by atoms with van der Waals surface area (Å²) in [4.78, 5) is 38.2. The summed E-state index contributed by atoms with van der Waals surface area (Å²) in [6.45, 7) is 6.42. The number of esters is 3. The highest BCUT2D eigenvalue weighted by Gasteiger charge is 2.19. The molecule has 0 aliphatic carbocycles. The van der Waals surface area contributed by atoms with Crippen LogP contribution in [0, 0.1) is 0 Å². The SMILES string of the molecule is CC/C=C\C/C=C\C/C=C\C/C=C\C/C=C\CCCC(=O)O[C@H](COC(=O)CCC/C=C\C/C=C\C/C=C\C/C=C\CCCCC)COC(=O)CCCCCCCCCCCCCCCCCCCCCCC. The zero-order chi connectivity index (χ0) is 52.9. The van der Waals surface area contributed by atoms with E-state index in [2.05, 4.69) is 130 Å². The summed E-state index contributed by atoms with van der Waals surface area (Å²) in [7, 11) is 0. The molecule has 0 bridgehead atoms. The Hall–Kier alpha value is -3.93. The van der Waals surface area contributed by atoms with Gasteiger partial charge in [-0.05, 0) is 96.3 Å². The van der Waals surface area contributed by atoms with Gasteiger partial charge in [-0.15, -0.1) is 0 Å². The van der Waals surface area contributed by atoms with Crippen LogP contribution in [0.2, 0.25) is 0 Å². The third kappa shape index (κ3) is 58.8. The molecule has 0 aromatic carbocycles. The third-order valence-corrected chi connectivity index (χ3v) is 12.8. The van der Waals surface area contributed by atoms with Crippen molar-refractivity contribution in [2.24, 2.45) is 0 Å². The molecule has 0 aromatic heterocycles. The van der Waals surface area contributed by atoms with Crippen molar-refractivity contribution in [1.29, 1.82) is 0 Å². The third-order valence-electron chi connectivity index (χ3n) is 12.8. The molecule has 0 saturated heterocycles. The number of unbranched alkanes of at least 4 members (excludes halogenated alkanes) is 25. The Bertz CT molecular complexity index is 1490. The van der Waals surface area contributed by atoms with Gasteiger partial charge in [0.15, 0.2) is 6.10 Å². The first-order valence-electron chi connectivity index (χ1n) is 30.4. The van der Waals surface area contributed by atoms with Crippen LogP contribution in [0.4, 0.5) is 0 Å². The number of hydrogen-bond acceptors (Lipinski definition) is 6. The first-order valence-corrected chi connectivity index (χ1v) is 30.4. The van der Waals surface area contributed by atoms with E-state index in [1.54, 1.807) is 0 Å². The molecular formula is C67H112O6. The minimum absolute atomic E-state index is 0.117. The second-order valence-corrected chi connectivity index (χ2v) is 19.9. The number of allylic oxidation sites excluding steroid dienone is 18. The normalized spacial score (nSPS) is 12.9. The van der Waals surface area contributed by atoms with E-state index in [1.165, 1.54) is 141 Å². The lowest BCUT2D eigenvalue weighted by Crippen LogP contribution is -2.30. The van der Waals surface area contributed by atoms with Crippen LogP contribution in [0.15, 0.2) is 109 Å². The predicted molar refractivity (Wildman–Crippen MR) is 316 cm³/mol. The molecule has 0 heterocycles. The molecule has 6 nitrogen and oxygen atoms in total. The lowest BCUT2D eigenvalue weighted by atomic mass is 10.0. The van der Waals surface area contributed by atoms with E-state index in [0.29, 0.717) is 19.3 Å². The monoisotopic (exact) mass is 1010 g/mol. The van der Waals surface area contributed by atoms with E-state index in [4.69, 9.17) is 14.2 Å². The second-order valence-electron chi connectivity index (χ2n) is 19.9. The molecule has 0 aliphatic heterocycles. The number of carbonyl (C=O) groups is 3. The van der Waals surface area contributed by atoms with E-state index in [0.717, 1.165) is 83.5 Å². The van der Waals surface area contributed by atoms with Crippen LogP contribution in [0.3, 0.4) is 0 Å². The van der Waals surface area contributed by atoms with E-state index in [-0.39, 0.29) is 44.0 Å². The van der Waals surface area contributed by atoms with Crippen molar-refractivity contribution in [3.63, 3.8) is 0 Å². The van der Waals surface area contributed by atoms with Crippen molar-refractivity contribution in [1.82, 2.24) is 0 Å². The fraction of sp³-hybridized carbons (Fsp3) is 0.687. The Morgan fingerprint density at radius 1 is 0.288 bits per heavy atom. The molecule has 0 saturated carbocycles. The minimum atomic E-state index is -0.831. The van der Waals surface area contributed by atoms with Crippen molar-refractivity contribution < 1.29 is 28.6 Å². The van der Waals surface area contributed by atoms with Crippen molar-refractivity contribution >= 4 is 17.9 Å². The Morgan fingerprint density at radius 3 is 0.890 bits per heavy atom. The summed E-state index contributed by atoms with van der Waals surface area (Å²) in [5, 5.41) is 0. The molecule has 0 aromatic rings. The van der Waals surface area contributed by atoms with Crippen LogP contribution >= 0.6 is 0 Å². The Balaban J connectivity index is 4.50. The predicted octanol–water partition coefficient (Wildman–Crippen LogP) is 20.7. The average molecular weight is 1010 g/mol. The summed E-state index contributed by atoms with van der Waals surface area (Å²) >= 11 is 0. The summed E-state index contributed by atoms with van der Waals surface area (Å²) < 4.78 is 16.8. The number of rotatable bonds is 54. The molecule has 0 aliphatic rings. The molecule has 0 rings (SSSR count). The maximum absolute atomic E-state index is 12.9. The Labute approximate surface area is 450 Å². The summed E-state index contributed by atoms with van der Waals surface area (Å²) in [6.07, 6.45) is 82.4. The van der Waals surface area contributed by atoms with Crippen LogP contribution in [0.25, 0.3) is 0 Å². The lowest BCUT2D eigenvalue weighted by molar-refractivity contribution is -0.167. The summed E-state index contributed by atoms with van der Waals surface area (Å²) in [5.41, 5.74) is 0. The number of hydrogen-bond donors (Lipinski definition) is 0. The second kappa shape index (κ2) is 60.6. The standard InChI is InChI=1S/C67H112O6/c1-4-7-10-13-16-19-22-25-28-31-32-33-34-37-39-42-45-48-51-54-57-60-66(69)72-63-64(73-67(70)61-58-55-52-49-46-43-40-36-30-27-24-21-18-15-12-9-6-3)62-71-65(68)59-56-53-50-47-44-41-38-35-29-26-23-20-17-14-11-8-5-2/h9,12,17-18,20-21,26-27,29-30,38,40-41,43,47,49-50,52,64H,4-8,10-11,13-16,19,22-25,28,31-37,39,42,44-46,48,51,53-63H2,1-3H3/b12-9-,20-17-,21-18-,29-26-,30-27-,41-38-,43-40-,50-47-,52-49-/t64-/m1/s1. The molecule has 0 amide bonds. The number of ether oxygens (including phenoxy) is 3. The van der Waals surface area contributed by atoms with Crippen LogP contribution < -0.4 is 0 Å². The van der Waals surface area contributed by atoms with Gasteiger partial charge in [0.1, 0.15) is 13.2 Å². The van der Waals surface area contributed by atoms with E-state index < -0.39 is 6.10 Å². The molecule has 0 spiro atoms. The zero-order valence-electron chi connectivity index (χ0n) is 47.6. The summed E-state index contributed by atoms with van der Waals surface area (Å²) in [6, 6.07) is 0. The van der Waals surface area contributed by atoms with Crippen molar-refractivity contribution in [2.75, 3.05) is 13.2 Å². The fourth-order valence-electron chi connectivity index (χ4n) is 8.24. The first kappa shape index (κ1) is 69.1. The van der Waals surface area contributed by atoms with Crippen LogP contribution in [0.1, 0.15) is 278 Å². The van der Waals surface area contributed by atoms with Gasteiger partial charge in [-0.2, -0.15) is 0 Å². The average Bonchev–Trinajstić information content (AvgIpc) is 3.39. The molecule has 0 unspecified atom stereocenters. The Morgan fingerprint density at radius 2 is 0.548 bits per heavy atom. The molecule has 0 radical (unpaired) electrons. The van der Waals surface area contributed by atoms with Gasteiger partial charge >= 0.3 is 17.9 Å². The van der Waals surface area contributed by atoms with Gasteiger partial charge in [0.05, 0.1) is 0 Å². The van der Waals surface area contributed by atoms with Gasteiger partial charge in [0, 0.05) is 19.3 Å². The number of carbonyl (C=O) groups excluding carboxylic acids is 3. The van der Waals surface area contributed by atoms with Gasteiger partial charge in [0.25, 0.3) is 0 Å². The zero-order valence-corrected chi connectivity index (χ0v) is 47.6. The minimum Gasteiger partial charge on any atom is -0.462 e. The van der Waals surface area contributed by atoms with Crippen LogP contribution in [0.5, 0.6) is 0 Å². The molecule has 0 N–H and O–H groups in total. The molecule has 1 atom stereocenters. The maximum Gasteiger partial charge on any atom is 0.306 e. The van der Waals surface area contributed by atoms with Crippen molar-refractivity contribution in [2.45, 2.75) is 284 Å². The maximum atomic E-state index is 12.9. The molecule has 6 heteroatoms. The van der Waals surface area contributed by atoms with Gasteiger partial charge < -0.3 is 14.2 Å². The molecular weight excluding hydrogens is 901 g/mol. The van der Waals surface area contributed by atoms with Gasteiger partial charge in [-0.1, -0.05) is 271 Å². The highest BCUT2D eigenvalue weighted by atomic mass is 16.6. The van der Waals surface area contributed by atoms with E-state index in [1.807, 2.05) is 0 Å².